The average Bonchev–Trinajstić information content (AvgIpc) is 2.89. The molecule has 0 unspecified atom stereocenters. The van der Waals surface area contributed by atoms with Crippen molar-refractivity contribution in [3.63, 3.8) is 0 Å². The van der Waals surface area contributed by atoms with Crippen LogP contribution in [0.4, 0.5) is 4.39 Å². The van der Waals surface area contributed by atoms with Crippen molar-refractivity contribution in [3.8, 4) is 21.8 Å². The molecule has 0 N–H and O–H groups in total. The highest BCUT2D eigenvalue weighted by atomic mass is 79.9. The first-order chi connectivity index (χ1) is 9.24. The molecule has 94 valence electrons. The topological polar surface area (TPSA) is 12.9 Å². The second kappa shape index (κ2) is 5.23. The molecule has 1 nitrogen and oxygen atoms in total. The van der Waals surface area contributed by atoms with E-state index < -0.39 is 0 Å². The molecule has 2 aromatic carbocycles. The van der Waals surface area contributed by atoms with Gasteiger partial charge in [0.1, 0.15) is 10.8 Å². The molecule has 0 aliphatic rings. The first-order valence-electron chi connectivity index (χ1n) is 5.70. The van der Waals surface area contributed by atoms with Crippen LogP contribution in [0, 0.1) is 5.82 Å². The van der Waals surface area contributed by atoms with Gasteiger partial charge >= 0.3 is 0 Å². The largest absolute Gasteiger partial charge is 0.236 e. The Bertz CT molecular complexity index is 706. The summed E-state index contributed by atoms with van der Waals surface area (Å²) in [5.41, 5.74) is 2.26. The second-order valence-corrected chi connectivity index (χ2v) is 5.80. The second-order valence-electron chi connectivity index (χ2n) is 4.02. The van der Waals surface area contributed by atoms with Crippen LogP contribution in [0.25, 0.3) is 21.8 Å². The molecular formula is C15H9BrFNS. The third kappa shape index (κ3) is 2.60. The monoisotopic (exact) mass is 333 g/mol. The zero-order chi connectivity index (χ0) is 13.2. The van der Waals surface area contributed by atoms with Crippen LogP contribution in [0.15, 0.2) is 58.4 Å². The Balaban J connectivity index is 2.00. The van der Waals surface area contributed by atoms with Gasteiger partial charge in [-0.15, -0.1) is 11.3 Å². The Morgan fingerprint density at radius 2 is 1.74 bits per heavy atom. The summed E-state index contributed by atoms with van der Waals surface area (Å²) in [6.45, 7) is 0. The molecule has 1 heterocycles. The van der Waals surface area contributed by atoms with Gasteiger partial charge in [0.25, 0.3) is 0 Å². The molecule has 0 atom stereocenters. The zero-order valence-corrected chi connectivity index (χ0v) is 12.2. The lowest BCUT2D eigenvalue weighted by Crippen LogP contribution is -1.83. The van der Waals surface area contributed by atoms with E-state index in [0.29, 0.717) is 11.3 Å². The molecule has 3 aromatic rings. The molecule has 3 rings (SSSR count). The zero-order valence-electron chi connectivity index (χ0n) is 9.81. The van der Waals surface area contributed by atoms with E-state index >= 15 is 0 Å². The van der Waals surface area contributed by atoms with Crippen LogP contribution >= 0.6 is 27.3 Å². The summed E-state index contributed by atoms with van der Waals surface area (Å²) in [6, 6.07) is 14.6. The van der Waals surface area contributed by atoms with E-state index in [2.05, 4.69) is 20.9 Å². The molecule has 0 fully saturated rings. The maximum absolute atomic E-state index is 13.7. The number of hydrogen-bond acceptors (Lipinski definition) is 2. The number of benzene rings is 2. The van der Waals surface area contributed by atoms with Crippen LogP contribution in [0.3, 0.4) is 0 Å². The summed E-state index contributed by atoms with van der Waals surface area (Å²) in [4.78, 5) is 4.50. The number of thiazole rings is 1. The minimum absolute atomic E-state index is 0.241. The highest BCUT2D eigenvalue weighted by Crippen LogP contribution is 2.30. The van der Waals surface area contributed by atoms with Crippen molar-refractivity contribution >= 4 is 27.3 Å². The molecule has 0 amide bonds. The van der Waals surface area contributed by atoms with E-state index in [9.17, 15) is 4.39 Å². The van der Waals surface area contributed by atoms with Crippen molar-refractivity contribution in [2.45, 2.75) is 0 Å². The summed E-state index contributed by atoms with van der Waals surface area (Å²) in [5.74, 6) is -0.241. The van der Waals surface area contributed by atoms with Crippen LogP contribution in [-0.2, 0) is 0 Å². The fourth-order valence-electron chi connectivity index (χ4n) is 1.79. The van der Waals surface area contributed by atoms with Crippen molar-refractivity contribution in [2.75, 3.05) is 0 Å². The lowest BCUT2D eigenvalue weighted by Gasteiger charge is -1.98. The highest BCUT2D eigenvalue weighted by molar-refractivity contribution is 9.10. The van der Waals surface area contributed by atoms with E-state index in [-0.39, 0.29) is 5.82 Å². The van der Waals surface area contributed by atoms with Gasteiger partial charge < -0.3 is 0 Å². The molecular weight excluding hydrogens is 325 g/mol. The summed E-state index contributed by atoms with van der Waals surface area (Å²) in [7, 11) is 0. The van der Waals surface area contributed by atoms with E-state index in [1.807, 2.05) is 35.7 Å². The van der Waals surface area contributed by atoms with Crippen molar-refractivity contribution in [3.05, 3.63) is 64.2 Å². The summed E-state index contributed by atoms with van der Waals surface area (Å²) in [6.07, 6.45) is 0. The fourth-order valence-corrected chi connectivity index (χ4v) is 2.88. The van der Waals surface area contributed by atoms with Gasteiger partial charge in [0, 0.05) is 21.0 Å². The molecule has 0 saturated heterocycles. The third-order valence-corrected chi connectivity index (χ3v) is 4.17. The van der Waals surface area contributed by atoms with Gasteiger partial charge in [-0.3, -0.25) is 0 Å². The minimum atomic E-state index is -0.241. The number of hydrogen-bond donors (Lipinski definition) is 0. The van der Waals surface area contributed by atoms with Crippen molar-refractivity contribution < 1.29 is 4.39 Å². The van der Waals surface area contributed by atoms with Crippen molar-refractivity contribution in [1.82, 2.24) is 4.98 Å². The maximum atomic E-state index is 13.7. The Kier molecular flexibility index (Phi) is 3.44. The Hall–Kier alpha value is -1.52. The Morgan fingerprint density at radius 1 is 1.00 bits per heavy atom. The summed E-state index contributed by atoms with van der Waals surface area (Å²) < 4.78 is 14.7. The van der Waals surface area contributed by atoms with Gasteiger partial charge in [0.2, 0.25) is 0 Å². The van der Waals surface area contributed by atoms with Gasteiger partial charge in [-0.05, 0) is 24.3 Å². The highest BCUT2D eigenvalue weighted by Gasteiger charge is 2.09. The summed E-state index contributed by atoms with van der Waals surface area (Å²) in [5, 5.41) is 2.78. The molecule has 4 heteroatoms. The van der Waals surface area contributed by atoms with Gasteiger partial charge in [-0.1, -0.05) is 40.2 Å². The number of rotatable bonds is 2. The Morgan fingerprint density at radius 3 is 2.47 bits per heavy atom. The van der Waals surface area contributed by atoms with Gasteiger partial charge in [-0.25, -0.2) is 9.37 Å². The first kappa shape index (κ1) is 12.5. The Labute approximate surface area is 122 Å². The van der Waals surface area contributed by atoms with E-state index in [1.165, 1.54) is 17.4 Å². The summed E-state index contributed by atoms with van der Waals surface area (Å²) >= 11 is 4.92. The van der Waals surface area contributed by atoms with E-state index in [0.717, 1.165) is 15.0 Å². The first-order valence-corrected chi connectivity index (χ1v) is 7.38. The van der Waals surface area contributed by atoms with Crippen LogP contribution in [0.2, 0.25) is 0 Å². The van der Waals surface area contributed by atoms with Gasteiger partial charge in [0.05, 0.1) is 5.69 Å². The van der Waals surface area contributed by atoms with Gasteiger partial charge in [0.15, 0.2) is 0 Å². The lowest BCUT2D eigenvalue weighted by atomic mass is 10.1. The SMILES string of the molecule is Fc1ccccc1-c1csc(-c2ccc(Br)cc2)n1. The maximum Gasteiger partial charge on any atom is 0.132 e. The minimum Gasteiger partial charge on any atom is -0.236 e. The van der Waals surface area contributed by atoms with Crippen LogP contribution in [-0.4, -0.2) is 4.98 Å². The molecule has 0 aliphatic carbocycles. The van der Waals surface area contributed by atoms with Gasteiger partial charge in [-0.2, -0.15) is 0 Å². The molecule has 19 heavy (non-hydrogen) atoms. The van der Waals surface area contributed by atoms with E-state index in [1.54, 1.807) is 12.1 Å². The average molecular weight is 334 g/mol. The van der Waals surface area contributed by atoms with Crippen molar-refractivity contribution in [1.29, 1.82) is 0 Å². The molecule has 0 saturated carbocycles. The smallest absolute Gasteiger partial charge is 0.132 e. The molecule has 0 radical (unpaired) electrons. The number of halogens is 2. The predicted molar refractivity (Wildman–Crippen MR) is 80.6 cm³/mol. The normalized spacial score (nSPS) is 10.6. The third-order valence-electron chi connectivity index (χ3n) is 2.75. The van der Waals surface area contributed by atoms with Crippen LogP contribution < -0.4 is 0 Å². The quantitative estimate of drug-likeness (QED) is 0.613. The lowest BCUT2D eigenvalue weighted by molar-refractivity contribution is 0.631. The van der Waals surface area contributed by atoms with E-state index in [4.69, 9.17) is 0 Å². The molecule has 0 aliphatic heterocycles. The van der Waals surface area contributed by atoms with Crippen LogP contribution in [0.5, 0.6) is 0 Å². The van der Waals surface area contributed by atoms with Crippen LogP contribution in [0.1, 0.15) is 0 Å². The predicted octanol–water partition coefficient (Wildman–Crippen LogP) is 5.38. The van der Waals surface area contributed by atoms with Crippen molar-refractivity contribution in [2.24, 2.45) is 0 Å². The number of nitrogens with zero attached hydrogens (tertiary/aromatic N) is 1. The standard InChI is InChI=1S/C15H9BrFNS/c16-11-7-5-10(6-8-11)15-18-14(9-19-15)12-3-1-2-4-13(12)17/h1-9H. The molecule has 0 spiro atoms. The number of aromatic nitrogens is 1. The fraction of sp³-hybridized carbons (Fsp3) is 0. The molecule has 1 aromatic heterocycles. The molecule has 0 bridgehead atoms.